The van der Waals surface area contributed by atoms with E-state index < -0.39 is 62.5 Å². The average Bonchev–Trinajstić information content (AvgIpc) is 3.96. The number of anilines is 1. The SMILES string of the molecule is Cc1nc(N(C2CC2)C2CC2)c2ncn([C@@H]3O[C@](CCl)(CO[P@@](=O)(N[C@@H](C)C(=O)OC(C)C)Oc4ccccc4)[C@@H](O)[C@@H]3F)c2n1. The van der Waals surface area contributed by atoms with Crippen LogP contribution in [-0.2, 0) is 23.4 Å². The number of fused-ring (bicyclic) bond motifs is 1. The molecule has 0 spiro atoms. The van der Waals surface area contributed by atoms with E-state index in [1.54, 1.807) is 51.1 Å². The Morgan fingerprint density at radius 2 is 1.89 bits per heavy atom. The van der Waals surface area contributed by atoms with Gasteiger partial charge in [0.15, 0.2) is 29.4 Å². The summed E-state index contributed by atoms with van der Waals surface area (Å²) in [5, 5.41) is 13.8. The zero-order chi connectivity index (χ0) is 32.8. The van der Waals surface area contributed by atoms with E-state index in [9.17, 15) is 14.5 Å². The first kappa shape index (κ1) is 33.0. The third-order valence-corrected chi connectivity index (χ3v) is 10.2. The van der Waals surface area contributed by atoms with Crippen molar-refractivity contribution in [3.8, 4) is 5.75 Å². The Morgan fingerprint density at radius 3 is 2.50 bits per heavy atom. The van der Waals surface area contributed by atoms with Gasteiger partial charge in [0.05, 0.1) is 24.9 Å². The number of aliphatic hydroxyl groups is 1. The van der Waals surface area contributed by atoms with Crippen LogP contribution in [-0.4, -0.2) is 85.2 Å². The Hall–Kier alpha value is -2.87. The Morgan fingerprint density at radius 1 is 1.22 bits per heavy atom. The first-order valence-corrected chi connectivity index (χ1v) is 17.5. The van der Waals surface area contributed by atoms with Crippen molar-refractivity contribution in [1.29, 1.82) is 0 Å². The molecule has 1 aliphatic heterocycles. The molecule has 6 atom stereocenters. The second kappa shape index (κ2) is 13.0. The molecule has 0 amide bonds. The summed E-state index contributed by atoms with van der Waals surface area (Å²) in [4.78, 5) is 28.7. The van der Waals surface area contributed by atoms with Crippen molar-refractivity contribution in [2.75, 3.05) is 17.4 Å². The topological polar surface area (TPSA) is 150 Å². The number of para-hydroxylation sites is 1. The maximum atomic E-state index is 16.0. The lowest BCUT2D eigenvalue weighted by atomic mass is 9.99. The van der Waals surface area contributed by atoms with Crippen LogP contribution < -0.4 is 14.5 Å². The minimum absolute atomic E-state index is 0.180. The van der Waals surface area contributed by atoms with Crippen LogP contribution in [0, 0.1) is 6.92 Å². The predicted octanol–water partition coefficient (Wildman–Crippen LogP) is 4.60. The standard InChI is InChI=1S/C30H39ClFN6O7P/c1-17(2)43-29(40)18(3)36-46(41,45-22-8-6-5-7-9-22)42-15-30(14-31)25(39)23(32)28(44-30)37-16-33-24-26(37)34-19(4)35-27(24)38(20-10-11-20)21-12-13-21/h5-9,16-18,20-21,23,25,28,39H,10-15H2,1-4H3,(H,36,41)/t18-,23-,25-,28+,30+,46-/m0/s1. The number of halogens is 2. The lowest BCUT2D eigenvalue weighted by molar-refractivity contribution is -0.149. The molecule has 3 heterocycles. The maximum absolute atomic E-state index is 16.0. The molecule has 6 rings (SSSR count). The quantitative estimate of drug-likeness (QED) is 0.139. The molecule has 0 unspecified atom stereocenters. The van der Waals surface area contributed by atoms with E-state index in [1.165, 1.54) is 17.8 Å². The minimum atomic E-state index is -4.37. The Kier molecular flexibility index (Phi) is 9.32. The predicted molar refractivity (Wildman–Crippen MR) is 168 cm³/mol. The first-order chi connectivity index (χ1) is 21.9. The number of hydrogen-bond acceptors (Lipinski definition) is 11. The van der Waals surface area contributed by atoms with Gasteiger partial charge >= 0.3 is 13.7 Å². The molecule has 3 aliphatic rings. The maximum Gasteiger partial charge on any atom is 0.459 e. The number of aromatic nitrogens is 4. The van der Waals surface area contributed by atoms with Crippen LogP contribution in [0.25, 0.3) is 11.2 Å². The molecule has 16 heteroatoms. The molecular weight excluding hydrogens is 642 g/mol. The molecular formula is C30H39ClFN6O7P. The van der Waals surface area contributed by atoms with Crippen LogP contribution >= 0.6 is 19.3 Å². The number of rotatable bonds is 14. The summed E-state index contributed by atoms with van der Waals surface area (Å²) in [5.41, 5.74) is -0.987. The van der Waals surface area contributed by atoms with Gasteiger partial charge in [-0.3, -0.25) is 13.9 Å². The first-order valence-electron chi connectivity index (χ1n) is 15.5. The van der Waals surface area contributed by atoms with E-state index in [2.05, 4.69) is 20.0 Å². The molecule has 0 radical (unpaired) electrons. The lowest BCUT2D eigenvalue weighted by Gasteiger charge is -2.31. The number of aryl methyl sites for hydroxylation is 1. The van der Waals surface area contributed by atoms with E-state index in [1.807, 2.05) is 0 Å². The van der Waals surface area contributed by atoms with Crippen LogP contribution in [0.15, 0.2) is 36.7 Å². The number of imidazole rings is 1. The van der Waals surface area contributed by atoms with Crippen molar-refractivity contribution in [3.05, 3.63) is 42.5 Å². The van der Waals surface area contributed by atoms with Gasteiger partial charge in [-0.25, -0.2) is 23.9 Å². The molecule has 2 aliphatic carbocycles. The number of benzene rings is 1. The highest BCUT2D eigenvalue weighted by Crippen LogP contribution is 2.49. The van der Waals surface area contributed by atoms with Crippen LogP contribution in [0.1, 0.15) is 58.5 Å². The molecule has 46 heavy (non-hydrogen) atoms. The van der Waals surface area contributed by atoms with Gasteiger partial charge < -0.3 is 24.0 Å². The molecule has 1 aromatic carbocycles. The summed E-state index contributed by atoms with van der Waals surface area (Å²) in [6.07, 6.45) is 0.154. The fourth-order valence-electron chi connectivity index (χ4n) is 5.55. The normalized spacial score (nSPS) is 26.7. The number of aliphatic hydroxyl groups excluding tert-OH is 1. The zero-order valence-electron chi connectivity index (χ0n) is 26.1. The molecule has 13 nitrogen and oxygen atoms in total. The van der Waals surface area contributed by atoms with Crippen LogP contribution in [0.5, 0.6) is 5.75 Å². The fraction of sp³-hybridized carbons (Fsp3) is 0.600. The van der Waals surface area contributed by atoms with Crippen molar-refractivity contribution >= 4 is 42.3 Å². The average molecular weight is 681 g/mol. The molecule has 2 aromatic heterocycles. The van der Waals surface area contributed by atoms with E-state index in [-0.39, 0.29) is 5.75 Å². The van der Waals surface area contributed by atoms with Crippen molar-refractivity contribution in [1.82, 2.24) is 24.6 Å². The second-order valence-electron chi connectivity index (χ2n) is 12.4. The van der Waals surface area contributed by atoms with Gasteiger partial charge in [-0.2, -0.15) is 5.09 Å². The van der Waals surface area contributed by atoms with Gasteiger partial charge in [0.25, 0.3) is 0 Å². The minimum Gasteiger partial charge on any atom is -0.462 e. The highest BCUT2D eigenvalue weighted by molar-refractivity contribution is 7.52. The van der Waals surface area contributed by atoms with Gasteiger partial charge in [0.2, 0.25) is 0 Å². The van der Waals surface area contributed by atoms with Gasteiger partial charge in [-0.1, -0.05) is 18.2 Å². The Labute approximate surface area is 271 Å². The van der Waals surface area contributed by atoms with Crippen molar-refractivity contribution in [3.63, 3.8) is 0 Å². The Bertz CT molecular complexity index is 1600. The van der Waals surface area contributed by atoms with E-state index in [0.29, 0.717) is 34.9 Å². The van der Waals surface area contributed by atoms with Crippen LogP contribution in [0.2, 0.25) is 0 Å². The highest BCUT2D eigenvalue weighted by Gasteiger charge is 2.57. The summed E-state index contributed by atoms with van der Waals surface area (Å²) in [7, 11) is -4.37. The summed E-state index contributed by atoms with van der Waals surface area (Å²) < 4.78 is 54.4. The smallest absolute Gasteiger partial charge is 0.459 e. The van der Waals surface area contributed by atoms with Crippen LogP contribution in [0.4, 0.5) is 10.2 Å². The highest BCUT2D eigenvalue weighted by atomic mass is 35.5. The van der Waals surface area contributed by atoms with E-state index >= 15 is 4.39 Å². The number of nitrogens with one attached hydrogen (secondary N) is 1. The number of alkyl halides is 2. The second-order valence-corrected chi connectivity index (χ2v) is 14.4. The number of esters is 1. The number of ether oxygens (including phenoxy) is 2. The largest absolute Gasteiger partial charge is 0.462 e. The third kappa shape index (κ3) is 6.74. The molecule has 3 fully saturated rings. The van der Waals surface area contributed by atoms with Crippen molar-refractivity contribution in [2.24, 2.45) is 0 Å². The summed E-state index contributed by atoms with van der Waals surface area (Å²) in [5.74, 6) is 0.270. The van der Waals surface area contributed by atoms with Crippen LogP contribution in [0.3, 0.4) is 0 Å². The molecule has 2 N–H and O–H groups in total. The summed E-state index contributed by atoms with van der Waals surface area (Å²) >= 11 is 6.33. The molecule has 3 aromatic rings. The number of carbonyl (C=O) groups excluding carboxylic acids is 1. The fourth-order valence-corrected chi connectivity index (χ4v) is 7.40. The van der Waals surface area contributed by atoms with Crippen molar-refractivity contribution < 1.29 is 37.4 Å². The number of hydrogen-bond donors (Lipinski definition) is 2. The van der Waals surface area contributed by atoms with E-state index in [4.69, 9.17) is 35.1 Å². The summed E-state index contributed by atoms with van der Waals surface area (Å²) in [6.45, 7) is 5.92. The molecule has 2 saturated carbocycles. The Balaban J connectivity index is 1.26. The third-order valence-electron chi connectivity index (χ3n) is 8.11. The molecule has 0 bridgehead atoms. The zero-order valence-corrected chi connectivity index (χ0v) is 27.7. The summed E-state index contributed by atoms with van der Waals surface area (Å²) in [6, 6.07) is 7.86. The molecule has 250 valence electrons. The molecule has 1 saturated heterocycles. The van der Waals surface area contributed by atoms with E-state index in [0.717, 1.165) is 25.7 Å². The van der Waals surface area contributed by atoms with Gasteiger partial charge in [-0.15, -0.1) is 11.6 Å². The monoisotopic (exact) mass is 680 g/mol. The van der Waals surface area contributed by atoms with Gasteiger partial charge in [0, 0.05) is 12.1 Å². The van der Waals surface area contributed by atoms with Gasteiger partial charge in [0.1, 0.15) is 29.3 Å². The lowest BCUT2D eigenvalue weighted by Crippen LogP contribution is -2.48. The van der Waals surface area contributed by atoms with Gasteiger partial charge in [-0.05, 0) is 65.5 Å². The number of nitrogens with zero attached hydrogens (tertiary/aromatic N) is 5. The number of carbonyl (C=O) groups is 1. The van der Waals surface area contributed by atoms with Crippen molar-refractivity contribution in [2.45, 2.75) is 102 Å².